The van der Waals surface area contributed by atoms with Gasteiger partial charge in [0, 0.05) is 38.7 Å². The quantitative estimate of drug-likeness (QED) is 0.0965. The highest BCUT2D eigenvalue weighted by Gasteiger charge is 2.26. The normalized spacial score (nSPS) is 14.9. The number of phosphoric acid groups is 1. The molecule has 1 N–H and O–H groups in total. The molecular weight excluding hydrogens is 579 g/mol. The van der Waals surface area contributed by atoms with Crippen molar-refractivity contribution in [3.05, 3.63) is 66.0 Å². The van der Waals surface area contributed by atoms with Crippen LogP contribution in [-0.2, 0) is 20.4 Å². The molecule has 0 saturated heterocycles. The molecule has 3 rings (SSSR count). The van der Waals surface area contributed by atoms with Crippen LogP contribution in [0.25, 0.3) is 0 Å². The van der Waals surface area contributed by atoms with Crippen molar-refractivity contribution in [2.75, 3.05) is 40.6 Å². The van der Waals surface area contributed by atoms with E-state index in [-0.39, 0.29) is 19.0 Å². The third-order valence-corrected chi connectivity index (χ3v) is 8.55. The van der Waals surface area contributed by atoms with Crippen LogP contribution in [-0.4, -0.2) is 61.4 Å². The van der Waals surface area contributed by atoms with Crippen LogP contribution in [0, 0.1) is 6.92 Å². The third kappa shape index (κ3) is 13.5. The Hall–Kier alpha value is -2.71. The fourth-order valence-electron chi connectivity index (χ4n) is 4.96. The van der Waals surface area contributed by atoms with Crippen molar-refractivity contribution in [2.45, 2.75) is 90.7 Å². The van der Waals surface area contributed by atoms with Crippen LogP contribution in [0.3, 0.4) is 0 Å². The molecule has 1 aliphatic rings. The summed E-state index contributed by atoms with van der Waals surface area (Å²) in [7, 11) is -0.842. The fraction of sp³-hybridized carbons (Fsp3) is 0.588. The summed E-state index contributed by atoms with van der Waals surface area (Å²) in [4.78, 5) is 14.5. The summed E-state index contributed by atoms with van der Waals surface area (Å²) in [5.74, 6) is 1.73. The van der Waals surface area contributed by atoms with Gasteiger partial charge >= 0.3 is 7.82 Å². The van der Waals surface area contributed by atoms with Crippen LogP contribution in [0.1, 0.15) is 82.3 Å². The molecule has 2 atom stereocenters. The Morgan fingerprint density at radius 3 is 2.11 bits per heavy atom. The van der Waals surface area contributed by atoms with E-state index in [0.717, 1.165) is 36.5 Å². The van der Waals surface area contributed by atoms with E-state index >= 15 is 0 Å². The van der Waals surface area contributed by atoms with E-state index in [2.05, 4.69) is 16.7 Å². The van der Waals surface area contributed by atoms with Crippen molar-refractivity contribution in [1.82, 2.24) is 9.80 Å². The molecule has 10 heteroatoms. The zero-order valence-corrected chi connectivity index (χ0v) is 28.0. The van der Waals surface area contributed by atoms with Crippen molar-refractivity contribution in [3.8, 4) is 17.2 Å². The first-order chi connectivity index (χ1) is 21.3. The summed E-state index contributed by atoms with van der Waals surface area (Å²) in [6.45, 7) is 6.41. The molecule has 0 aromatic heterocycles. The number of hydrogen-bond acceptors (Lipinski definition) is 8. The standard InChI is InChI=1S/C34H53N2O7P/c1-5-6-7-8-9-10-11-12-13-14-24-40-33-16-15-17-34(29(33)2)41-26-32(39-4)27-42-44(37,38)43-31-20-18-30(19-21-31)25-36-23-22-35(3)28-36/h15-23,32H,5-14,24-28H2,1-4H3,(H,37,38). The lowest BCUT2D eigenvalue weighted by molar-refractivity contribution is 0.0159. The lowest BCUT2D eigenvalue weighted by atomic mass is 10.1. The Labute approximate surface area is 264 Å². The molecule has 0 amide bonds. The topological polar surface area (TPSA) is 89.9 Å². The first kappa shape index (κ1) is 35.8. The Morgan fingerprint density at radius 1 is 0.864 bits per heavy atom. The predicted molar refractivity (Wildman–Crippen MR) is 175 cm³/mol. The molecule has 44 heavy (non-hydrogen) atoms. The van der Waals surface area contributed by atoms with Gasteiger partial charge in [-0.1, -0.05) is 82.9 Å². The summed E-state index contributed by atoms with van der Waals surface area (Å²) in [5.41, 5.74) is 1.97. The summed E-state index contributed by atoms with van der Waals surface area (Å²) < 4.78 is 40.6. The molecule has 1 aliphatic heterocycles. The first-order valence-corrected chi connectivity index (χ1v) is 17.6. The molecule has 9 nitrogen and oxygen atoms in total. The number of unbranched alkanes of at least 4 members (excludes halogenated alkanes) is 9. The van der Waals surface area contributed by atoms with Crippen molar-refractivity contribution in [3.63, 3.8) is 0 Å². The molecule has 0 spiro atoms. The maximum atomic E-state index is 12.6. The molecule has 246 valence electrons. The van der Waals surface area contributed by atoms with Gasteiger partial charge in [0.25, 0.3) is 0 Å². The van der Waals surface area contributed by atoms with Gasteiger partial charge in [-0.2, -0.15) is 0 Å². The third-order valence-electron chi connectivity index (χ3n) is 7.64. The fourth-order valence-corrected chi connectivity index (χ4v) is 5.76. The smallest absolute Gasteiger partial charge is 0.493 e. The van der Waals surface area contributed by atoms with Crippen LogP contribution in [0.5, 0.6) is 17.2 Å². The van der Waals surface area contributed by atoms with Gasteiger partial charge in [-0.3, -0.25) is 9.42 Å². The molecule has 0 fully saturated rings. The highest BCUT2D eigenvalue weighted by Crippen LogP contribution is 2.44. The van der Waals surface area contributed by atoms with Gasteiger partial charge in [-0.05, 0) is 43.2 Å². The van der Waals surface area contributed by atoms with Gasteiger partial charge in [0.15, 0.2) is 0 Å². The van der Waals surface area contributed by atoms with Crippen molar-refractivity contribution in [2.24, 2.45) is 0 Å². The van der Waals surface area contributed by atoms with Crippen molar-refractivity contribution >= 4 is 7.82 Å². The second-order valence-corrected chi connectivity index (χ2v) is 12.9. The second-order valence-electron chi connectivity index (χ2n) is 11.5. The SMILES string of the molecule is CCCCCCCCCCCCOc1cccc(OCC(COP(=O)(O)Oc2ccc(CN3C=CN(C)C3)cc2)OC)c1C. The van der Waals surface area contributed by atoms with E-state index in [4.69, 9.17) is 23.3 Å². The Bertz CT molecular complexity index is 1160. The van der Waals surface area contributed by atoms with Crippen LogP contribution >= 0.6 is 7.82 Å². The minimum Gasteiger partial charge on any atom is -0.493 e. The van der Waals surface area contributed by atoms with E-state index in [1.165, 1.54) is 64.9 Å². The molecule has 0 saturated carbocycles. The highest BCUT2D eigenvalue weighted by atomic mass is 31.2. The zero-order valence-electron chi connectivity index (χ0n) is 27.1. The Morgan fingerprint density at radius 2 is 1.50 bits per heavy atom. The summed E-state index contributed by atoms with van der Waals surface area (Å²) >= 11 is 0. The largest absolute Gasteiger partial charge is 0.527 e. The number of benzene rings is 2. The van der Waals surface area contributed by atoms with E-state index in [9.17, 15) is 9.46 Å². The minimum absolute atomic E-state index is 0.133. The first-order valence-electron chi connectivity index (χ1n) is 16.1. The van der Waals surface area contributed by atoms with E-state index < -0.39 is 13.9 Å². The van der Waals surface area contributed by atoms with E-state index in [0.29, 0.717) is 12.4 Å². The molecule has 2 unspecified atom stereocenters. The number of phosphoric ester groups is 1. The molecule has 2 aromatic rings. The van der Waals surface area contributed by atoms with Gasteiger partial charge < -0.3 is 28.5 Å². The number of ether oxygens (including phenoxy) is 3. The molecule has 2 aromatic carbocycles. The van der Waals surface area contributed by atoms with Crippen molar-refractivity contribution < 1.29 is 32.7 Å². The van der Waals surface area contributed by atoms with E-state index in [1.807, 2.05) is 56.7 Å². The van der Waals surface area contributed by atoms with Crippen molar-refractivity contribution in [1.29, 1.82) is 0 Å². The molecule has 0 bridgehead atoms. The molecule has 1 heterocycles. The average molecular weight is 633 g/mol. The maximum Gasteiger partial charge on any atom is 0.527 e. The van der Waals surface area contributed by atoms with E-state index in [1.54, 1.807) is 12.1 Å². The predicted octanol–water partition coefficient (Wildman–Crippen LogP) is 8.06. The van der Waals surface area contributed by atoms with Crippen LogP contribution < -0.4 is 14.0 Å². The zero-order chi connectivity index (χ0) is 31.6. The van der Waals surface area contributed by atoms with Gasteiger partial charge in [0.1, 0.15) is 30.0 Å². The summed E-state index contributed by atoms with van der Waals surface area (Å²) in [6, 6.07) is 12.8. The number of nitrogens with zero attached hydrogens (tertiary/aromatic N) is 2. The summed E-state index contributed by atoms with van der Waals surface area (Å²) in [5, 5.41) is 0. The highest BCUT2D eigenvalue weighted by molar-refractivity contribution is 7.47. The van der Waals surface area contributed by atoms with Crippen LogP contribution in [0.4, 0.5) is 0 Å². The lowest BCUT2D eigenvalue weighted by Gasteiger charge is -2.20. The maximum absolute atomic E-state index is 12.6. The average Bonchev–Trinajstić information content (AvgIpc) is 3.42. The van der Waals surface area contributed by atoms with Crippen LogP contribution in [0.2, 0.25) is 0 Å². The second kappa shape index (κ2) is 19.6. The van der Waals surface area contributed by atoms with Gasteiger partial charge in [0.05, 0.1) is 19.9 Å². The van der Waals surface area contributed by atoms with Crippen LogP contribution in [0.15, 0.2) is 54.9 Å². The Balaban J connectivity index is 1.34. The summed E-state index contributed by atoms with van der Waals surface area (Å²) in [6.07, 6.45) is 16.3. The van der Waals surface area contributed by atoms with Gasteiger partial charge in [0.2, 0.25) is 0 Å². The molecule has 0 radical (unpaired) electrons. The van der Waals surface area contributed by atoms with Gasteiger partial charge in [-0.25, -0.2) is 4.57 Å². The Kier molecular flexibility index (Phi) is 16.0. The molecular formula is C34H53N2O7P. The number of methoxy groups -OCH3 is 1. The minimum atomic E-state index is -4.36. The monoisotopic (exact) mass is 632 g/mol. The number of rotatable bonds is 23. The molecule has 0 aliphatic carbocycles. The number of hydrogen-bond donors (Lipinski definition) is 1. The van der Waals surface area contributed by atoms with Gasteiger partial charge in [-0.15, -0.1) is 0 Å². The lowest BCUT2D eigenvalue weighted by Crippen LogP contribution is -2.26.